The lowest BCUT2D eigenvalue weighted by Gasteiger charge is -1.91. The number of hydrogen-bond acceptors (Lipinski definition) is 2. The van der Waals surface area contributed by atoms with Crippen LogP contribution in [0.25, 0.3) is 0 Å². The van der Waals surface area contributed by atoms with Gasteiger partial charge in [0.25, 0.3) is 0 Å². The van der Waals surface area contributed by atoms with Crippen molar-refractivity contribution < 1.29 is 0 Å². The number of nitrogens with zero attached hydrogens (tertiary/aromatic N) is 3. The molecule has 0 saturated carbocycles. The van der Waals surface area contributed by atoms with Gasteiger partial charge in [0.05, 0.1) is 5.69 Å². The summed E-state index contributed by atoms with van der Waals surface area (Å²) in [6, 6.07) is 0. The molecular formula is C7H13N3. The van der Waals surface area contributed by atoms with Gasteiger partial charge in [-0.2, -0.15) is 0 Å². The van der Waals surface area contributed by atoms with Crippen LogP contribution < -0.4 is 0 Å². The van der Waals surface area contributed by atoms with E-state index in [1.165, 1.54) is 0 Å². The molecule has 0 saturated heterocycles. The van der Waals surface area contributed by atoms with Gasteiger partial charge in [0.15, 0.2) is 0 Å². The molecule has 1 rings (SSSR count). The van der Waals surface area contributed by atoms with Crippen LogP contribution in [0.15, 0.2) is 6.20 Å². The molecule has 1 aromatic rings. The average molecular weight is 139 g/mol. The SMILES string of the molecule is CCCn1cc(CC)nn1. The van der Waals surface area contributed by atoms with E-state index in [-0.39, 0.29) is 0 Å². The fraction of sp³-hybridized carbons (Fsp3) is 0.714. The Bertz CT molecular complexity index is 192. The highest BCUT2D eigenvalue weighted by Crippen LogP contribution is 1.93. The molecule has 3 heteroatoms. The van der Waals surface area contributed by atoms with Crippen LogP contribution in [-0.2, 0) is 13.0 Å². The van der Waals surface area contributed by atoms with Gasteiger partial charge in [-0.15, -0.1) is 5.10 Å². The topological polar surface area (TPSA) is 30.7 Å². The van der Waals surface area contributed by atoms with E-state index in [4.69, 9.17) is 0 Å². The minimum Gasteiger partial charge on any atom is -0.252 e. The van der Waals surface area contributed by atoms with Gasteiger partial charge in [-0.25, -0.2) is 0 Å². The molecule has 0 aliphatic carbocycles. The lowest BCUT2D eigenvalue weighted by Crippen LogP contribution is -1.96. The predicted octanol–water partition coefficient (Wildman–Crippen LogP) is 1.25. The van der Waals surface area contributed by atoms with Crippen molar-refractivity contribution in [1.29, 1.82) is 0 Å². The second-order valence-corrected chi connectivity index (χ2v) is 2.33. The van der Waals surface area contributed by atoms with Gasteiger partial charge in [-0.3, -0.25) is 4.68 Å². The third-order valence-corrected chi connectivity index (χ3v) is 1.40. The number of aryl methyl sites for hydroxylation is 2. The van der Waals surface area contributed by atoms with E-state index in [1.54, 1.807) is 0 Å². The van der Waals surface area contributed by atoms with Crippen molar-refractivity contribution in [3.63, 3.8) is 0 Å². The summed E-state index contributed by atoms with van der Waals surface area (Å²) in [6.07, 6.45) is 4.10. The molecule has 0 spiro atoms. The third-order valence-electron chi connectivity index (χ3n) is 1.40. The van der Waals surface area contributed by atoms with Crippen molar-refractivity contribution in [2.24, 2.45) is 0 Å². The standard InChI is InChI=1S/C7H13N3/c1-3-5-10-6-7(4-2)8-9-10/h6H,3-5H2,1-2H3. The third kappa shape index (κ3) is 1.56. The highest BCUT2D eigenvalue weighted by atomic mass is 15.4. The van der Waals surface area contributed by atoms with E-state index in [9.17, 15) is 0 Å². The van der Waals surface area contributed by atoms with E-state index < -0.39 is 0 Å². The Morgan fingerprint density at radius 2 is 2.30 bits per heavy atom. The molecule has 0 unspecified atom stereocenters. The summed E-state index contributed by atoms with van der Waals surface area (Å²) in [5, 5.41) is 7.91. The van der Waals surface area contributed by atoms with Crippen molar-refractivity contribution >= 4 is 0 Å². The van der Waals surface area contributed by atoms with E-state index >= 15 is 0 Å². The van der Waals surface area contributed by atoms with Gasteiger partial charge >= 0.3 is 0 Å². The lowest BCUT2D eigenvalue weighted by molar-refractivity contribution is 0.579. The van der Waals surface area contributed by atoms with Crippen LogP contribution in [0.1, 0.15) is 26.0 Å². The molecular weight excluding hydrogens is 126 g/mol. The summed E-state index contributed by atoms with van der Waals surface area (Å²) in [6.45, 7) is 5.20. The van der Waals surface area contributed by atoms with E-state index in [0.717, 1.165) is 25.1 Å². The maximum Gasteiger partial charge on any atom is 0.0824 e. The number of rotatable bonds is 3. The van der Waals surface area contributed by atoms with Gasteiger partial charge < -0.3 is 0 Å². The van der Waals surface area contributed by atoms with Crippen molar-refractivity contribution in [1.82, 2.24) is 15.0 Å². The molecule has 0 bridgehead atoms. The van der Waals surface area contributed by atoms with E-state index in [1.807, 2.05) is 10.9 Å². The predicted molar refractivity (Wildman–Crippen MR) is 39.7 cm³/mol. The molecule has 1 aromatic heterocycles. The van der Waals surface area contributed by atoms with Gasteiger partial charge in [0, 0.05) is 12.7 Å². The summed E-state index contributed by atoms with van der Waals surface area (Å²) in [4.78, 5) is 0. The molecule has 0 radical (unpaired) electrons. The second-order valence-electron chi connectivity index (χ2n) is 2.33. The first-order valence-electron chi connectivity index (χ1n) is 3.75. The first kappa shape index (κ1) is 7.25. The smallest absolute Gasteiger partial charge is 0.0824 e. The zero-order valence-electron chi connectivity index (χ0n) is 6.54. The summed E-state index contributed by atoms with van der Waals surface area (Å²) < 4.78 is 1.89. The molecule has 0 atom stereocenters. The normalized spacial score (nSPS) is 10.2. The van der Waals surface area contributed by atoms with Gasteiger partial charge in [0.2, 0.25) is 0 Å². The van der Waals surface area contributed by atoms with Crippen LogP contribution in [0.3, 0.4) is 0 Å². The molecule has 56 valence electrons. The monoisotopic (exact) mass is 139 g/mol. The molecule has 0 aliphatic heterocycles. The molecule has 0 fully saturated rings. The summed E-state index contributed by atoms with van der Waals surface area (Å²) in [5.74, 6) is 0. The van der Waals surface area contributed by atoms with Gasteiger partial charge in [0.1, 0.15) is 0 Å². The van der Waals surface area contributed by atoms with Crippen molar-refractivity contribution in [3.05, 3.63) is 11.9 Å². The Morgan fingerprint density at radius 3 is 2.80 bits per heavy atom. The first-order valence-corrected chi connectivity index (χ1v) is 3.75. The largest absolute Gasteiger partial charge is 0.252 e. The zero-order chi connectivity index (χ0) is 7.40. The van der Waals surface area contributed by atoms with Gasteiger partial charge in [-0.05, 0) is 12.8 Å². The minimum absolute atomic E-state index is 0.976. The summed E-state index contributed by atoms with van der Waals surface area (Å²) >= 11 is 0. The summed E-state index contributed by atoms with van der Waals surface area (Å²) in [7, 11) is 0. The molecule has 0 N–H and O–H groups in total. The molecule has 0 amide bonds. The maximum absolute atomic E-state index is 3.97. The number of aromatic nitrogens is 3. The van der Waals surface area contributed by atoms with Crippen LogP contribution in [-0.4, -0.2) is 15.0 Å². The quantitative estimate of drug-likeness (QED) is 0.631. The van der Waals surface area contributed by atoms with Crippen molar-refractivity contribution in [3.8, 4) is 0 Å². The zero-order valence-corrected chi connectivity index (χ0v) is 6.54. The second kappa shape index (κ2) is 3.34. The highest BCUT2D eigenvalue weighted by molar-refractivity contribution is 4.90. The summed E-state index contributed by atoms with van der Waals surface area (Å²) in [5.41, 5.74) is 1.08. The maximum atomic E-state index is 3.97. The lowest BCUT2D eigenvalue weighted by atomic mass is 10.4. The molecule has 3 nitrogen and oxygen atoms in total. The number of hydrogen-bond donors (Lipinski definition) is 0. The van der Waals surface area contributed by atoms with Crippen LogP contribution in [0.5, 0.6) is 0 Å². The van der Waals surface area contributed by atoms with Crippen LogP contribution in [0.2, 0.25) is 0 Å². The molecule has 10 heavy (non-hydrogen) atoms. The Kier molecular flexibility index (Phi) is 2.42. The Hall–Kier alpha value is -0.860. The molecule has 1 heterocycles. The fourth-order valence-corrected chi connectivity index (χ4v) is 0.839. The average Bonchev–Trinajstić information content (AvgIpc) is 2.37. The van der Waals surface area contributed by atoms with E-state index in [2.05, 4.69) is 24.2 Å². The molecule has 0 aliphatic rings. The highest BCUT2D eigenvalue weighted by Gasteiger charge is 1.94. The Labute approximate surface area is 61.1 Å². The van der Waals surface area contributed by atoms with Crippen LogP contribution >= 0.6 is 0 Å². The Balaban J connectivity index is 2.59. The van der Waals surface area contributed by atoms with Gasteiger partial charge in [-0.1, -0.05) is 19.1 Å². The Morgan fingerprint density at radius 1 is 1.50 bits per heavy atom. The van der Waals surface area contributed by atoms with Crippen molar-refractivity contribution in [2.75, 3.05) is 0 Å². The van der Waals surface area contributed by atoms with Crippen LogP contribution in [0, 0.1) is 0 Å². The minimum atomic E-state index is 0.976. The van der Waals surface area contributed by atoms with E-state index in [0.29, 0.717) is 0 Å². The molecule has 0 aromatic carbocycles. The first-order chi connectivity index (χ1) is 4.86. The van der Waals surface area contributed by atoms with Crippen molar-refractivity contribution in [2.45, 2.75) is 33.2 Å². The fourth-order valence-electron chi connectivity index (χ4n) is 0.839. The van der Waals surface area contributed by atoms with Crippen LogP contribution in [0.4, 0.5) is 0 Å².